The highest BCUT2D eigenvalue weighted by Gasteiger charge is 2.32. The number of nitrogens with two attached hydrogens (primary N) is 1. The number of carboxylic acids is 1. The van der Waals surface area contributed by atoms with E-state index < -0.39 is 54.5 Å². The van der Waals surface area contributed by atoms with Gasteiger partial charge in [-0.3, -0.25) is 14.4 Å². The first-order chi connectivity index (χ1) is 15.0. The number of aliphatic hydroxyl groups excluding tert-OH is 1. The highest BCUT2D eigenvalue weighted by Crippen LogP contribution is 2.08. The van der Waals surface area contributed by atoms with Gasteiger partial charge in [-0.2, -0.15) is 0 Å². The Hall–Kier alpha value is -2.99. The topological polar surface area (TPSA) is 200 Å². The van der Waals surface area contributed by atoms with Crippen LogP contribution in [0.4, 0.5) is 0 Å². The number of H-pyrrole nitrogens is 1. The van der Waals surface area contributed by atoms with Crippen molar-refractivity contribution >= 4 is 23.7 Å². The van der Waals surface area contributed by atoms with Crippen LogP contribution in [0, 0.1) is 11.8 Å². The lowest BCUT2D eigenvalue weighted by Crippen LogP contribution is -2.59. The highest BCUT2D eigenvalue weighted by molar-refractivity contribution is 5.94. The second kappa shape index (κ2) is 12.8. The minimum Gasteiger partial charge on any atom is -0.480 e. The van der Waals surface area contributed by atoms with Crippen molar-refractivity contribution in [3.63, 3.8) is 0 Å². The number of nitrogens with zero attached hydrogens (tertiary/aromatic N) is 1. The number of nitrogens with one attached hydrogen (secondary N) is 4. The van der Waals surface area contributed by atoms with Gasteiger partial charge in [-0.25, -0.2) is 9.78 Å². The predicted molar refractivity (Wildman–Crippen MR) is 115 cm³/mol. The molecular weight excluding hydrogens is 420 g/mol. The van der Waals surface area contributed by atoms with Gasteiger partial charge in [0.15, 0.2) is 0 Å². The molecule has 0 aromatic carbocycles. The molecule has 0 aliphatic carbocycles. The van der Waals surface area contributed by atoms with Gasteiger partial charge >= 0.3 is 5.97 Å². The van der Waals surface area contributed by atoms with Crippen LogP contribution in [0.15, 0.2) is 12.5 Å². The van der Waals surface area contributed by atoms with Crippen LogP contribution in [-0.2, 0) is 25.6 Å². The molecule has 0 aliphatic heterocycles. The first-order valence-electron chi connectivity index (χ1n) is 10.4. The van der Waals surface area contributed by atoms with Crippen LogP contribution in [0.1, 0.15) is 39.8 Å². The predicted octanol–water partition coefficient (Wildman–Crippen LogP) is -1.49. The fourth-order valence-corrected chi connectivity index (χ4v) is 2.93. The summed E-state index contributed by atoms with van der Waals surface area (Å²) < 4.78 is 0. The molecule has 1 rings (SSSR count). The van der Waals surface area contributed by atoms with E-state index in [2.05, 4.69) is 25.9 Å². The molecule has 4 unspecified atom stereocenters. The van der Waals surface area contributed by atoms with E-state index in [1.54, 1.807) is 13.8 Å². The summed E-state index contributed by atoms with van der Waals surface area (Å²) in [5, 5.41) is 26.0. The van der Waals surface area contributed by atoms with Crippen molar-refractivity contribution in [2.75, 3.05) is 6.61 Å². The Balaban J connectivity index is 3.03. The van der Waals surface area contributed by atoms with Crippen molar-refractivity contribution in [3.8, 4) is 0 Å². The SMILES string of the molecule is CC(C)CC(NC(=O)C(Cc1cnc[nH]1)NC(=O)C(NC(=O)C(N)CO)C(C)C)C(=O)O. The van der Waals surface area contributed by atoms with Gasteiger partial charge in [-0.1, -0.05) is 27.7 Å². The number of carboxylic acid groups (broad SMARTS) is 1. The first-order valence-corrected chi connectivity index (χ1v) is 10.4. The molecule has 0 bridgehead atoms. The van der Waals surface area contributed by atoms with Crippen molar-refractivity contribution < 1.29 is 29.4 Å². The van der Waals surface area contributed by atoms with E-state index in [1.807, 2.05) is 13.8 Å². The molecule has 32 heavy (non-hydrogen) atoms. The third-order valence-electron chi connectivity index (χ3n) is 4.71. The standard InChI is InChI=1S/C20H34N6O6/c1-10(2)5-15(20(31)32)25-18(29)14(6-12-7-22-9-23-12)24-19(30)16(11(3)4)26-17(28)13(21)8-27/h7,9-11,13-16,27H,5-6,8,21H2,1-4H3,(H,22,23)(H,24,30)(H,25,29)(H,26,28)(H,31,32). The molecule has 1 aromatic rings. The van der Waals surface area contributed by atoms with Crippen LogP contribution in [0.25, 0.3) is 0 Å². The smallest absolute Gasteiger partial charge is 0.326 e. The van der Waals surface area contributed by atoms with Gasteiger partial charge in [-0.15, -0.1) is 0 Å². The number of carbonyl (C=O) groups is 4. The van der Waals surface area contributed by atoms with E-state index in [4.69, 9.17) is 10.8 Å². The van der Waals surface area contributed by atoms with Gasteiger partial charge in [0.1, 0.15) is 24.2 Å². The molecular formula is C20H34N6O6. The Bertz CT molecular complexity index is 767. The summed E-state index contributed by atoms with van der Waals surface area (Å²) in [6.07, 6.45) is 3.14. The summed E-state index contributed by atoms with van der Waals surface area (Å²) in [5.41, 5.74) is 6.05. The molecule has 0 aliphatic rings. The average molecular weight is 455 g/mol. The fraction of sp³-hybridized carbons (Fsp3) is 0.650. The number of amides is 3. The van der Waals surface area contributed by atoms with E-state index in [-0.39, 0.29) is 24.7 Å². The quantitative estimate of drug-likeness (QED) is 0.187. The summed E-state index contributed by atoms with van der Waals surface area (Å²) in [6, 6.07) is -4.46. The largest absolute Gasteiger partial charge is 0.480 e. The maximum atomic E-state index is 12.9. The second-order valence-electron chi connectivity index (χ2n) is 8.39. The Morgan fingerprint density at radius 3 is 2.12 bits per heavy atom. The van der Waals surface area contributed by atoms with Gasteiger partial charge in [0.05, 0.1) is 12.9 Å². The number of aliphatic carboxylic acids is 1. The third-order valence-corrected chi connectivity index (χ3v) is 4.71. The van der Waals surface area contributed by atoms with Gasteiger partial charge in [0, 0.05) is 18.3 Å². The average Bonchev–Trinajstić information content (AvgIpc) is 3.22. The van der Waals surface area contributed by atoms with Crippen molar-refractivity contribution in [1.82, 2.24) is 25.9 Å². The molecule has 8 N–H and O–H groups in total. The molecule has 12 heteroatoms. The summed E-state index contributed by atoms with van der Waals surface area (Å²) in [7, 11) is 0. The molecule has 3 amide bonds. The number of aliphatic hydroxyl groups is 1. The second-order valence-corrected chi connectivity index (χ2v) is 8.39. The maximum absolute atomic E-state index is 12.9. The van der Waals surface area contributed by atoms with Gasteiger partial charge in [-0.05, 0) is 18.3 Å². The molecule has 0 fully saturated rings. The van der Waals surface area contributed by atoms with Crippen LogP contribution >= 0.6 is 0 Å². The van der Waals surface area contributed by atoms with Crippen LogP contribution in [-0.4, -0.2) is 74.6 Å². The molecule has 0 saturated heterocycles. The minimum absolute atomic E-state index is 0.0216. The lowest BCUT2D eigenvalue weighted by Gasteiger charge is -2.27. The summed E-state index contributed by atoms with van der Waals surface area (Å²) in [6.45, 7) is 6.47. The Morgan fingerprint density at radius 2 is 1.66 bits per heavy atom. The number of aromatic nitrogens is 2. The molecule has 180 valence electrons. The van der Waals surface area contributed by atoms with Gasteiger partial charge in [0.25, 0.3) is 0 Å². The van der Waals surface area contributed by atoms with Crippen LogP contribution in [0.2, 0.25) is 0 Å². The van der Waals surface area contributed by atoms with E-state index in [0.717, 1.165) is 0 Å². The molecule has 1 heterocycles. The fourth-order valence-electron chi connectivity index (χ4n) is 2.93. The highest BCUT2D eigenvalue weighted by atomic mass is 16.4. The Morgan fingerprint density at radius 1 is 1.03 bits per heavy atom. The zero-order valence-electron chi connectivity index (χ0n) is 18.8. The van der Waals surface area contributed by atoms with E-state index in [9.17, 15) is 24.3 Å². The summed E-state index contributed by atoms with van der Waals surface area (Å²) in [4.78, 5) is 56.2. The molecule has 0 spiro atoms. The number of hydrogen-bond donors (Lipinski definition) is 7. The number of rotatable bonds is 13. The third kappa shape index (κ3) is 8.63. The Kier molecular flexibility index (Phi) is 10.8. The minimum atomic E-state index is -1.19. The molecule has 12 nitrogen and oxygen atoms in total. The molecule has 0 radical (unpaired) electrons. The van der Waals surface area contributed by atoms with E-state index in [1.165, 1.54) is 12.5 Å². The summed E-state index contributed by atoms with van der Waals surface area (Å²) >= 11 is 0. The molecule has 1 aromatic heterocycles. The van der Waals surface area contributed by atoms with Crippen molar-refractivity contribution in [2.45, 2.75) is 64.7 Å². The molecule has 4 atom stereocenters. The van der Waals surface area contributed by atoms with Gasteiger partial charge in [0.2, 0.25) is 17.7 Å². The summed E-state index contributed by atoms with van der Waals surface area (Å²) in [5.74, 6) is -3.54. The number of hydrogen-bond acceptors (Lipinski definition) is 7. The lowest BCUT2D eigenvalue weighted by atomic mass is 10.0. The van der Waals surface area contributed by atoms with E-state index >= 15 is 0 Å². The van der Waals surface area contributed by atoms with Crippen molar-refractivity contribution in [3.05, 3.63) is 18.2 Å². The first kappa shape index (κ1) is 27.0. The zero-order valence-corrected chi connectivity index (χ0v) is 18.8. The van der Waals surface area contributed by atoms with Crippen LogP contribution in [0.5, 0.6) is 0 Å². The number of aromatic amines is 1. The monoisotopic (exact) mass is 454 g/mol. The van der Waals surface area contributed by atoms with Crippen LogP contribution < -0.4 is 21.7 Å². The number of carbonyl (C=O) groups excluding carboxylic acids is 3. The van der Waals surface area contributed by atoms with Crippen molar-refractivity contribution in [2.24, 2.45) is 17.6 Å². The maximum Gasteiger partial charge on any atom is 0.326 e. The zero-order chi connectivity index (χ0) is 24.4. The van der Waals surface area contributed by atoms with Crippen molar-refractivity contribution in [1.29, 1.82) is 0 Å². The normalized spacial score (nSPS) is 15.0. The van der Waals surface area contributed by atoms with Gasteiger partial charge < -0.3 is 36.9 Å². The molecule has 0 saturated carbocycles. The lowest BCUT2D eigenvalue weighted by molar-refractivity contribution is -0.142. The van der Waals surface area contributed by atoms with E-state index in [0.29, 0.717) is 5.69 Å². The Labute approximate surface area is 186 Å². The number of imidazole rings is 1. The van der Waals surface area contributed by atoms with Crippen LogP contribution in [0.3, 0.4) is 0 Å².